The highest BCUT2D eigenvalue weighted by atomic mass is 32.1. The van der Waals surface area contributed by atoms with Gasteiger partial charge in [0.2, 0.25) is 0 Å². The van der Waals surface area contributed by atoms with Crippen molar-refractivity contribution in [1.82, 2.24) is 4.98 Å². The van der Waals surface area contributed by atoms with Crippen molar-refractivity contribution in [2.75, 3.05) is 24.6 Å². The molecule has 5 heteroatoms. The van der Waals surface area contributed by atoms with Crippen molar-refractivity contribution in [2.45, 2.75) is 12.0 Å². The van der Waals surface area contributed by atoms with Crippen LogP contribution >= 0.6 is 11.3 Å². The topological polar surface area (TPSA) is 56.6 Å². The van der Waals surface area contributed by atoms with Crippen LogP contribution in [0.2, 0.25) is 0 Å². The standard InChI is InChI=1S/C16H18N2O2S/c19-9-12-14(11-4-2-1-3-5-11)16(12)10-18(8-13(16)20)15-17-6-7-21-15/h1-7,12-14,19-20H,8-10H2/t12-,13-,14-,16-/m1/s1. The lowest BCUT2D eigenvalue weighted by Gasteiger charge is -2.15. The van der Waals surface area contributed by atoms with Crippen LogP contribution in [0.1, 0.15) is 11.5 Å². The molecule has 0 amide bonds. The lowest BCUT2D eigenvalue weighted by Crippen LogP contribution is -2.23. The summed E-state index contributed by atoms with van der Waals surface area (Å²) >= 11 is 1.60. The molecular formula is C16H18N2O2S. The maximum atomic E-state index is 10.6. The summed E-state index contributed by atoms with van der Waals surface area (Å²) < 4.78 is 0. The van der Waals surface area contributed by atoms with Gasteiger partial charge in [0.15, 0.2) is 5.13 Å². The van der Waals surface area contributed by atoms with Crippen molar-refractivity contribution in [1.29, 1.82) is 0 Å². The van der Waals surface area contributed by atoms with Gasteiger partial charge < -0.3 is 15.1 Å². The van der Waals surface area contributed by atoms with E-state index in [2.05, 4.69) is 22.0 Å². The Hall–Kier alpha value is -1.43. The van der Waals surface area contributed by atoms with E-state index in [-0.39, 0.29) is 23.9 Å². The van der Waals surface area contributed by atoms with E-state index >= 15 is 0 Å². The number of anilines is 1. The zero-order valence-electron chi connectivity index (χ0n) is 11.6. The van der Waals surface area contributed by atoms with Crippen LogP contribution in [0.3, 0.4) is 0 Å². The first-order valence-corrected chi connectivity index (χ1v) is 8.13. The molecule has 2 aromatic rings. The van der Waals surface area contributed by atoms with E-state index in [1.807, 2.05) is 23.6 Å². The summed E-state index contributed by atoms with van der Waals surface area (Å²) in [5.74, 6) is 0.378. The van der Waals surface area contributed by atoms with Crippen molar-refractivity contribution in [2.24, 2.45) is 11.3 Å². The molecule has 2 fully saturated rings. The lowest BCUT2D eigenvalue weighted by atomic mass is 9.95. The number of aromatic nitrogens is 1. The van der Waals surface area contributed by atoms with Gasteiger partial charge in [0.1, 0.15) is 0 Å². The van der Waals surface area contributed by atoms with E-state index in [1.165, 1.54) is 5.56 Å². The quantitative estimate of drug-likeness (QED) is 0.906. The summed E-state index contributed by atoms with van der Waals surface area (Å²) in [6.07, 6.45) is 1.38. The second-order valence-electron chi connectivity index (χ2n) is 6.00. The molecule has 0 radical (unpaired) electrons. The van der Waals surface area contributed by atoms with Gasteiger partial charge in [-0.1, -0.05) is 30.3 Å². The Labute approximate surface area is 127 Å². The number of thiazole rings is 1. The molecule has 1 aromatic carbocycles. The molecule has 1 aliphatic heterocycles. The molecule has 1 aliphatic carbocycles. The van der Waals surface area contributed by atoms with Crippen molar-refractivity contribution in [3.05, 3.63) is 47.5 Å². The Morgan fingerprint density at radius 1 is 1.33 bits per heavy atom. The minimum absolute atomic E-state index is 0.127. The van der Waals surface area contributed by atoms with Crippen LogP contribution in [0.15, 0.2) is 41.9 Å². The van der Waals surface area contributed by atoms with Gasteiger partial charge in [0, 0.05) is 36.7 Å². The first kappa shape index (κ1) is 13.2. The largest absolute Gasteiger partial charge is 0.396 e. The molecule has 1 saturated heterocycles. The number of hydrogen-bond acceptors (Lipinski definition) is 5. The van der Waals surface area contributed by atoms with E-state index in [0.717, 1.165) is 11.7 Å². The van der Waals surface area contributed by atoms with Gasteiger partial charge in [-0.05, 0) is 17.4 Å². The molecule has 2 aliphatic rings. The molecule has 2 N–H and O–H groups in total. The van der Waals surface area contributed by atoms with Gasteiger partial charge in [-0.15, -0.1) is 11.3 Å². The highest BCUT2D eigenvalue weighted by Crippen LogP contribution is 2.68. The Bertz CT molecular complexity index is 618. The molecule has 21 heavy (non-hydrogen) atoms. The monoisotopic (exact) mass is 302 g/mol. The number of aliphatic hydroxyl groups is 2. The number of nitrogens with zero attached hydrogens (tertiary/aromatic N) is 2. The van der Waals surface area contributed by atoms with Crippen molar-refractivity contribution in [3.63, 3.8) is 0 Å². The van der Waals surface area contributed by atoms with Crippen LogP contribution in [0.4, 0.5) is 5.13 Å². The van der Waals surface area contributed by atoms with E-state index in [9.17, 15) is 10.2 Å². The van der Waals surface area contributed by atoms with Crippen LogP contribution < -0.4 is 4.90 Å². The molecule has 1 saturated carbocycles. The van der Waals surface area contributed by atoms with E-state index in [1.54, 1.807) is 17.5 Å². The molecule has 2 heterocycles. The Balaban J connectivity index is 1.65. The van der Waals surface area contributed by atoms with Crippen molar-refractivity contribution in [3.8, 4) is 0 Å². The average molecular weight is 302 g/mol. The highest BCUT2D eigenvalue weighted by Gasteiger charge is 2.71. The van der Waals surface area contributed by atoms with Gasteiger partial charge in [-0.2, -0.15) is 0 Å². The molecule has 110 valence electrons. The third-order valence-electron chi connectivity index (χ3n) is 5.09. The molecule has 1 aromatic heterocycles. The fourth-order valence-electron chi connectivity index (χ4n) is 4.09. The summed E-state index contributed by atoms with van der Waals surface area (Å²) in [7, 11) is 0. The first-order chi connectivity index (χ1) is 10.3. The summed E-state index contributed by atoms with van der Waals surface area (Å²) in [4.78, 5) is 6.50. The Morgan fingerprint density at radius 2 is 2.14 bits per heavy atom. The second kappa shape index (κ2) is 4.80. The molecular weight excluding hydrogens is 284 g/mol. The van der Waals surface area contributed by atoms with Gasteiger partial charge in [-0.25, -0.2) is 4.98 Å². The van der Waals surface area contributed by atoms with E-state index < -0.39 is 6.10 Å². The van der Waals surface area contributed by atoms with Gasteiger partial charge in [0.25, 0.3) is 0 Å². The molecule has 4 rings (SSSR count). The molecule has 4 atom stereocenters. The Morgan fingerprint density at radius 3 is 2.81 bits per heavy atom. The maximum Gasteiger partial charge on any atom is 0.185 e. The smallest absolute Gasteiger partial charge is 0.185 e. The fraction of sp³-hybridized carbons (Fsp3) is 0.438. The predicted octanol–water partition coefficient (Wildman–Crippen LogP) is 1.72. The normalized spacial score (nSPS) is 34.6. The number of β-amino-alcohol motifs (C(OH)–C–C–N with tert-alkyl or cyclic N) is 1. The third-order valence-corrected chi connectivity index (χ3v) is 5.92. The zero-order valence-corrected chi connectivity index (χ0v) is 12.4. The fourth-order valence-corrected chi connectivity index (χ4v) is 4.74. The van der Waals surface area contributed by atoms with Crippen molar-refractivity contribution >= 4 is 16.5 Å². The molecule has 4 nitrogen and oxygen atoms in total. The molecule has 0 unspecified atom stereocenters. The van der Waals surface area contributed by atoms with Crippen LogP contribution in [-0.2, 0) is 0 Å². The minimum Gasteiger partial charge on any atom is -0.396 e. The number of aliphatic hydroxyl groups excluding tert-OH is 2. The van der Waals surface area contributed by atoms with Crippen LogP contribution in [-0.4, -0.2) is 41.0 Å². The van der Waals surface area contributed by atoms with Crippen LogP contribution in [0.5, 0.6) is 0 Å². The first-order valence-electron chi connectivity index (χ1n) is 7.25. The van der Waals surface area contributed by atoms with Gasteiger partial charge in [-0.3, -0.25) is 0 Å². The van der Waals surface area contributed by atoms with E-state index in [0.29, 0.717) is 6.54 Å². The predicted molar refractivity (Wildman–Crippen MR) is 82.5 cm³/mol. The van der Waals surface area contributed by atoms with Crippen LogP contribution in [0.25, 0.3) is 0 Å². The highest BCUT2D eigenvalue weighted by molar-refractivity contribution is 7.13. The second-order valence-corrected chi connectivity index (χ2v) is 6.87. The van der Waals surface area contributed by atoms with Gasteiger partial charge in [0.05, 0.1) is 6.10 Å². The Kier molecular flexibility index (Phi) is 3.03. The van der Waals surface area contributed by atoms with Crippen LogP contribution in [0, 0.1) is 11.3 Å². The lowest BCUT2D eigenvalue weighted by molar-refractivity contribution is 0.113. The number of rotatable bonds is 3. The molecule has 1 spiro atoms. The zero-order chi connectivity index (χ0) is 14.4. The van der Waals surface area contributed by atoms with Crippen molar-refractivity contribution < 1.29 is 10.2 Å². The van der Waals surface area contributed by atoms with Gasteiger partial charge >= 0.3 is 0 Å². The summed E-state index contributed by atoms with van der Waals surface area (Å²) in [6.45, 7) is 1.50. The average Bonchev–Trinajstić information content (AvgIpc) is 2.84. The van der Waals surface area contributed by atoms with E-state index in [4.69, 9.17) is 0 Å². The third kappa shape index (κ3) is 1.84. The maximum absolute atomic E-state index is 10.6. The summed E-state index contributed by atoms with van der Waals surface area (Å²) in [5.41, 5.74) is 0.999. The SMILES string of the molecule is OC[C@@H]1[C@@H](c2ccccc2)[C@]12CN(c1nccs1)C[C@H]2O. The summed E-state index contributed by atoms with van der Waals surface area (Å²) in [6, 6.07) is 10.2. The number of hydrogen-bond donors (Lipinski definition) is 2. The molecule has 0 bridgehead atoms. The number of benzene rings is 1. The minimum atomic E-state index is -0.413. The summed E-state index contributed by atoms with van der Waals surface area (Å²) in [5, 5.41) is 23.3.